The van der Waals surface area contributed by atoms with Crippen molar-refractivity contribution in [3.8, 4) is 0 Å². The minimum Gasteiger partial charge on any atom is -0.310 e. The van der Waals surface area contributed by atoms with Crippen LogP contribution in [0.2, 0.25) is 0 Å². The van der Waals surface area contributed by atoms with Gasteiger partial charge in [0.2, 0.25) is 0 Å². The summed E-state index contributed by atoms with van der Waals surface area (Å²) in [4.78, 5) is 0. The zero-order valence-corrected chi connectivity index (χ0v) is 10.3. The summed E-state index contributed by atoms with van der Waals surface area (Å²) in [6.07, 6.45) is 7.13. The van der Waals surface area contributed by atoms with Gasteiger partial charge < -0.3 is 5.32 Å². The summed E-state index contributed by atoms with van der Waals surface area (Å²) in [6.45, 7) is 4.78. The van der Waals surface area contributed by atoms with Gasteiger partial charge in [0, 0.05) is 23.1 Å². The van der Waals surface area contributed by atoms with E-state index in [0.29, 0.717) is 0 Å². The Labute approximate surface area is 92.4 Å². The number of hydrogen-bond donors (Lipinski definition) is 1. The molecule has 1 N–H and O–H groups in total. The lowest BCUT2D eigenvalue weighted by atomic mass is 9.85. The van der Waals surface area contributed by atoms with Crippen LogP contribution in [-0.4, -0.2) is 23.1 Å². The highest BCUT2D eigenvalue weighted by Crippen LogP contribution is 2.29. The molecule has 0 aromatic rings. The van der Waals surface area contributed by atoms with Crippen LogP contribution in [0.1, 0.15) is 46.0 Å². The quantitative estimate of drug-likeness (QED) is 0.756. The second kappa shape index (κ2) is 4.89. The van der Waals surface area contributed by atoms with E-state index in [9.17, 15) is 0 Å². The minimum atomic E-state index is 0.806. The molecule has 2 rings (SSSR count). The molecular weight excluding hydrogens is 190 g/mol. The van der Waals surface area contributed by atoms with Crippen LogP contribution in [0.15, 0.2) is 0 Å². The first kappa shape index (κ1) is 10.8. The van der Waals surface area contributed by atoms with Crippen molar-refractivity contribution < 1.29 is 0 Å². The molecule has 14 heavy (non-hydrogen) atoms. The highest BCUT2D eigenvalue weighted by Gasteiger charge is 2.27. The maximum atomic E-state index is 3.88. The predicted octanol–water partition coefficient (Wildman–Crippen LogP) is 3.05. The molecule has 1 heterocycles. The minimum absolute atomic E-state index is 0.806. The third kappa shape index (κ3) is 2.66. The van der Waals surface area contributed by atoms with Gasteiger partial charge in [0.1, 0.15) is 0 Å². The van der Waals surface area contributed by atoms with Gasteiger partial charge in [-0.3, -0.25) is 0 Å². The second-order valence-corrected chi connectivity index (χ2v) is 6.58. The zero-order valence-electron chi connectivity index (χ0n) is 9.46. The van der Waals surface area contributed by atoms with Crippen LogP contribution in [0, 0.1) is 5.92 Å². The molecule has 4 unspecified atom stereocenters. The SMILES string of the molecule is CC1CC(NC2CCCCC2C)CS1. The Morgan fingerprint density at radius 3 is 2.57 bits per heavy atom. The standard InChI is InChI=1S/C12H23NS/c1-9-5-3-4-6-12(9)13-11-7-10(2)14-8-11/h9-13H,3-8H2,1-2H3. The molecule has 0 radical (unpaired) electrons. The van der Waals surface area contributed by atoms with Crippen LogP contribution < -0.4 is 5.32 Å². The number of thioether (sulfide) groups is 1. The van der Waals surface area contributed by atoms with Gasteiger partial charge in [-0.2, -0.15) is 11.8 Å². The van der Waals surface area contributed by atoms with Crippen LogP contribution in [-0.2, 0) is 0 Å². The van der Waals surface area contributed by atoms with E-state index in [1.807, 2.05) is 0 Å². The lowest BCUT2D eigenvalue weighted by Gasteiger charge is -2.32. The van der Waals surface area contributed by atoms with Crippen molar-refractivity contribution in [3.05, 3.63) is 0 Å². The summed E-state index contributed by atoms with van der Waals surface area (Å²) in [5.74, 6) is 2.24. The largest absolute Gasteiger partial charge is 0.310 e. The topological polar surface area (TPSA) is 12.0 Å². The average Bonchev–Trinajstić information content (AvgIpc) is 2.56. The summed E-state index contributed by atoms with van der Waals surface area (Å²) in [6, 6.07) is 1.63. The first-order valence-corrected chi connectivity index (χ1v) is 7.18. The fraction of sp³-hybridized carbons (Fsp3) is 1.00. The number of hydrogen-bond acceptors (Lipinski definition) is 2. The van der Waals surface area contributed by atoms with Crippen molar-refractivity contribution in [1.29, 1.82) is 0 Å². The molecule has 0 bridgehead atoms. The molecule has 1 aliphatic heterocycles. The fourth-order valence-electron chi connectivity index (χ4n) is 2.80. The van der Waals surface area contributed by atoms with Gasteiger partial charge in [0.15, 0.2) is 0 Å². The Bertz CT molecular complexity index is 183. The van der Waals surface area contributed by atoms with E-state index in [4.69, 9.17) is 0 Å². The van der Waals surface area contributed by atoms with Gasteiger partial charge >= 0.3 is 0 Å². The van der Waals surface area contributed by atoms with E-state index in [0.717, 1.165) is 23.3 Å². The second-order valence-electron chi connectivity index (χ2n) is 5.11. The molecule has 1 aliphatic carbocycles. The van der Waals surface area contributed by atoms with E-state index in [-0.39, 0.29) is 0 Å². The molecule has 1 saturated carbocycles. The molecule has 0 spiro atoms. The first-order valence-electron chi connectivity index (χ1n) is 6.13. The summed E-state index contributed by atoms with van der Waals surface area (Å²) < 4.78 is 0. The molecule has 2 fully saturated rings. The molecule has 4 atom stereocenters. The third-order valence-electron chi connectivity index (χ3n) is 3.76. The van der Waals surface area contributed by atoms with Crippen molar-refractivity contribution in [2.24, 2.45) is 5.92 Å². The number of rotatable bonds is 2. The lowest BCUT2D eigenvalue weighted by Crippen LogP contribution is -2.43. The van der Waals surface area contributed by atoms with Crippen LogP contribution in [0.3, 0.4) is 0 Å². The predicted molar refractivity (Wildman–Crippen MR) is 64.9 cm³/mol. The molecule has 0 aromatic heterocycles. The van der Waals surface area contributed by atoms with E-state index >= 15 is 0 Å². The van der Waals surface area contributed by atoms with E-state index in [1.165, 1.54) is 37.9 Å². The van der Waals surface area contributed by atoms with Crippen LogP contribution in [0.25, 0.3) is 0 Å². The summed E-state index contributed by atoms with van der Waals surface area (Å²) in [5.41, 5.74) is 0. The van der Waals surface area contributed by atoms with E-state index in [1.54, 1.807) is 0 Å². The smallest absolute Gasteiger partial charge is 0.0171 e. The van der Waals surface area contributed by atoms with Crippen molar-refractivity contribution >= 4 is 11.8 Å². The fourth-order valence-corrected chi connectivity index (χ4v) is 3.96. The highest BCUT2D eigenvalue weighted by molar-refractivity contribution is 8.00. The summed E-state index contributed by atoms with van der Waals surface area (Å²) in [5, 5.41) is 4.76. The first-order chi connectivity index (χ1) is 6.75. The normalized spacial score (nSPS) is 44.1. The Kier molecular flexibility index (Phi) is 3.78. The monoisotopic (exact) mass is 213 g/mol. The summed E-state index contributed by atoms with van der Waals surface area (Å²) in [7, 11) is 0. The van der Waals surface area contributed by atoms with E-state index in [2.05, 4.69) is 30.9 Å². The van der Waals surface area contributed by atoms with Crippen molar-refractivity contribution in [2.45, 2.75) is 63.3 Å². The third-order valence-corrected chi connectivity index (χ3v) is 5.12. The van der Waals surface area contributed by atoms with Crippen molar-refractivity contribution in [3.63, 3.8) is 0 Å². The Hall–Kier alpha value is 0.310. The average molecular weight is 213 g/mol. The molecule has 82 valence electrons. The molecule has 0 amide bonds. The highest BCUT2D eigenvalue weighted by atomic mass is 32.2. The molecule has 2 aliphatic rings. The molecule has 1 saturated heterocycles. The van der Waals surface area contributed by atoms with Crippen molar-refractivity contribution in [2.75, 3.05) is 5.75 Å². The maximum Gasteiger partial charge on any atom is 0.0171 e. The zero-order chi connectivity index (χ0) is 9.97. The maximum absolute atomic E-state index is 3.88. The van der Waals surface area contributed by atoms with Gasteiger partial charge in [0.25, 0.3) is 0 Å². The Morgan fingerprint density at radius 1 is 1.14 bits per heavy atom. The molecule has 1 nitrogen and oxygen atoms in total. The van der Waals surface area contributed by atoms with E-state index < -0.39 is 0 Å². The van der Waals surface area contributed by atoms with Gasteiger partial charge in [-0.25, -0.2) is 0 Å². The van der Waals surface area contributed by atoms with Crippen LogP contribution >= 0.6 is 11.8 Å². The molecule has 0 aromatic carbocycles. The van der Waals surface area contributed by atoms with Crippen LogP contribution in [0.5, 0.6) is 0 Å². The summed E-state index contributed by atoms with van der Waals surface area (Å²) >= 11 is 2.13. The van der Waals surface area contributed by atoms with Gasteiger partial charge in [-0.15, -0.1) is 0 Å². The van der Waals surface area contributed by atoms with Gasteiger partial charge in [0.05, 0.1) is 0 Å². The van der Waals surface area contributed by atoms with Gasteiger partial charge in [-0.05, 0) is 25.2 Å². The number of nitrogens with one attached hydrogen (secondary N) is 1. The van der Waals surface area contributed by atoms with Crippen molar-refractivity contribution in [1.82, 2.24) is 5.32 Å². The molecule has 2 heteroatoms. The Balaban J connectivity index is 1.78. The van der Waals surface area contributed by atoms with Crippen LogP contribution in [0.4, 0.5) is 0 Å². The Morgan fingerprint density at radius 2 is 1.93 bits per heavy atom. The van der Waals surface area contributed by atoms with Gasteiger partial charge in [-0.1, -0.05) is 26.7 Å². The molecular formula is C12H23NS. The lowest BCUT2D eigenvalue weighted by molar-refractivity contribution is 0.262.